The number of carbonyl (C=O) groups is 2. The molecule has 144 valence electrons. The van der Waals surface area contributed by atoms with Gasteiger partial charge in [-0.1, -0.05) is 55.8 Å². The molecular weight excluding hydrogens is 366 g/mol. The summed E-state index contributed by atoms with van der Waals surface area (Å²) in [6.07, 6.45) is 0.737. The third-order valence-electron chi connectivity index (χ3n) is 4.41. The number of rotatable bonds is 9. The van der Waals surface area contributed by atoms with Crippen molar-refractivity contribution in [3.8, 4) is 5.75 Å². The molecule has 2 rings (SSSR count). The number of para-hydroxylation sites is 1. The van der Waals surface area contributed by atoms with E-state index in [1.807, 2.05) is 24.3 Å². The highest BCUT2D eigenvalue weighted by Crippen LogP contribution is 2.28. The van der Waals surface area contributed by atoms with E-state index in [-0.39, 0.29) is 18.9 Å². The number of amides is 1. The van der Waals surface area contributed by atoms with Crippen LogP contribution in [0.15, 0.2) is 48.5 Å². The molecule has 0 aliphatic heterocycles. The van der Waals surface area contributed by atoms with Crippen LogP contribution < -0.4 is 10.1 Å². The van der Waals surface area contributed by atoms with Crippen LogP contribution in [-0.2, 0) is 9.59 Å². The highest BCUT2D eigenvalue weighted by atomic mass is 35.5. The van der Waals surface area contributed by atoms with E-state index in [1.54, 1.807) is 24.3 Å². The normalized spacial score (nSPS) is 12.9. The van der Waals surface area contributed by atoms with Gasteiger partial charge in [-0.3, -0.25) is 9.59 Å². The summed E-state index contributed by atoms with van der Waals surface area (Å²) in [5.41, 5.74) is 1.72. The van der Waals surface area contributed by atoms with Gasteiger partial charge in [-0.2, -0.15) is 0 Å². The molecule has 0 heterocycles. The van der Waals surface area contributed by atoms with E-state index in [0.29, 0.717) is 22.3 Å². The van der Waals surface area contributed by atoms with Crippen molar-refractivity contribution in [1.82, 2.24) is 5.32 Å². The number of hydrogen-bond acceptors (Lipinski definition) is 3. The van der Waals surface area contributed by atoms with Gasteiger partial charge in [-0.05, 0) is 41.7 Å². The molecule has 0 aromatic heterocycles. The van der Waals surface area contributed by atoms with Crippen molar-refractivity contribution in [2.75, 3.05) is 6.61 Å². The van der Waals surface area contributed by atoms with Crippen LogP contribution >= 0.6 is 11.6 Å². The summed E-state index contributed by atoms with van der Waals surface area (Å²) >= 11 is 5.87. The summed E-state index contributed by atoms with van der Waals surface area (Å²) < 4.78 is 5.70. The molecule has 2 atom stereocenters. The summed E-state index contributed by atoms with van der Waals surface area (Å²) in [6.45, 7) is 4.01. The standard InChI is InChI=1S/C21H24ClNO4/c1-3-14(2)17-6-4-5-7-19(17)27-13-20(24)23-18(12-21(25)26)15-8-10-16(22)11-9-15/h4-11,14,18H,3,12-13H2,1-2H3,(H,23,24)(H,25,26)/t14-,18-/m0/s1. The van der Waals surface area contributed by atoms with Gasteiger partial charge in [0.2, 0.25) is 0 Å². The fourth-order valence-electron chi connectivity index (χ4n) is 2.74. The van der Waals surface area contributed by atoms with Crippen molar-refractivity contribution in [3.63, 3.8) is 0 Å². The molecule has 0 bridgehead atoms. The minimum atomic E-state index is -1.00. The number of nitrogens with one attached hydrogen (secondary N) is 1. The van der Waals surface area contributed by atoms with Crippen LogP contribution in [0, 0.1) is 0 Å². The Morgan fingerprint density at radius 1 is 1.15 bits per heavy atom. The second kappa shape index (κ2) is 9.97. The van der Waals surface area contributed by atoms with Crippen molar-refractivity contribution in [2.45, 2.75) is 38.6 Å². The first-order valence-corrected chi connectivity index (χ1v) is 9.26. The van der Waals surface area contributed by atoms with Crippen LogP contribution in [0.4, 0.5) is 0 Å². The number of halogens is 1. The maximum atomic E-state index is 12.3. The van der Waals surface area contributed by atoms with E-state index >= 15 is 0 Å². The van der Waals surface area contributed by atoms with Gasteiger partial charge in [0, 0.05) is 5.02 Å². The quantitative estimate of drug-likeness (QED) is 0.659. The molecule has 0 spiro atoms. The number of carbonyl (C=O) groups excluding carboxylic acids is 1. The molecule has 27 heavy (non-hydrogen) atoms. The average Bonchev–Trinajstić information content (AvgIpc) is 2.65. The highest BCUT2D eigenvalue weighted by Gasteiger charge is 2.19. The van der Waals surface area contributed by atoms with Crippen LogP contribution in [-0.4, -0.2) is 23.6 Å². The van der Waals surface area contributed by atoms with Crippen molar-refractivity contribution in [2.24, 2.45) is 0 Å². The minimum absolute atomic E-state index is 0.183. The van der Waals surface area contributed by atoms with Gasteiger partial charge in [0.1, 0.15) is 5.75 Å². The third-order valence-corrected chi connectivity index (χ3v) is 4.66. The van der Waals surface area contributed by atoms with Crippen molar-refractivity contribution >= 4 is 23.5 Å². The van der Waals surface area contributed by atoms with Gasteiger partial charge in [0.25, 0.3) is 5.91 Å². The third kappa shape index (κ3) is 6.29. The summed E-state index contributed by atoms with van der Waals surface area (Å²) in [7, 11) is 0. The topological polar surface area (TPSA) is 75.6 Å². The molecule has 0 saturated heterocycles. The van der Waals surface area contributed by atoms with Gasteiger partial charge >= 0.3 is 5.97 Å². The maximum absolute atomic E-state index is 12.3. The number of benzene rings is 2. The largest absolute Gasteiger partial charge is 0.483 e. The monoisotopic (exact) mass is 389 g/mol. The Morgan fingerprint density at radius 2 is 1.81 bits per heavy atom. The Labute approximate surface area is 164 Å². The Hall–Kier alpha value is -2.53. The van der Waals surface area contributed by atoms with Gasteiger partial charge in [-0.25, -0.2) is 0 Å². The lowest BCUT2D eigenvalue weighted by Crippen LogP contribution is -2.34. The molecule has 2 aromatic rings. The van der Waals surface area contributed by atoms with E-state index in [2.05, 4.69) is 19.2 Å². The smallest absolute Gasteiger partial charge is 0.305 e. The molecule has 0 aliphatic carbocycles. The van der Waals surface area contributed by atoms with Gasteiger partial charge in [-0.15, -0.1) is 0 Å². The molecule has 6 heteroatoms. The molecule has 0 fully saturated rings. The number of carboxylic acid groups (broad SMARTS) is 1. The predicted octanol–water partition coefficient (Wildman–Crippen LogP) is 4.56. The second-order valence-electron chi connectivity index (χ2n) is 6.41. The SMILES string of the molecule is CC[C@H](C)c1ccccc1OCC(=O)N[C@@H](CC(=O)O)c1ccc(Cl)cc1. The van der Waals surface area contributed by atoms with Crippen LogP contribution in [0.25, 0.3) is 0 Å². The zero-order valence-corrected chi connectivity index (χ0v) is 16.2. The summed E-state index contributed by atoms with van der Waals surface area (Å²) in [5, 5.41) is 12.4. The van der Waals surface area contributed by atoms with E-state index in [4.69, 9.17) is 21.4 Å². The lowest BCUT2D eigenvalue weighted by molar-refractivity contribution is -0.137. The molecule has 2 N–H and O–H groups in total. The molecule has 0 unspecified atom stereocenters. The second-order valence-corrected chi connectivity index (χ2v) is 6.84. The predicted molar refractivity (Wildman–Crippen MR) is 105 cm³/mol. The van der Waals surface area contributed by atoms with Gasteiger partial charge in [0.05, 0.1) is 12.5 Å². The number of carboxylic acids is 1. The van der Waals surface area contributed by atoms with E-state index < -0.39 is 12.0 Å². The Balaban J connectivity index is 2.04. The number of hydrogen-bond donors (Lipinski definition) is 2. The summed E-state index contributed by atoms with van der Waals surface area (Å²) in [4.78, 5) is 23.5. The molecule has 0 saturated carbocycles. The zero-order valence-electron chi connectivity index (χ0n) is 15.4. The molecule has 0 aliphatic rings. The molecule has 2 aromatic carbocycles. The first-order chi connectivity index (χ1) is 12.9. The van der Waals surface area contributed by atoms with Crippen molar-refractivity contribution in [1.29, 1.82) is 0 Å². The zero-order chi connectivity index (χ0) is 19.8. The van der Waals surface area contributed by atoms with Crippen LogP contribution in [0.1, 0.15) is 49.8 Å². The van der Waals surface area contributed by atoms with E-state index in [9.17, 15) is 9.59 Å². The Kier molecular flexibility index (Phi) is 7.67. The molecule has 1 amide bonds. The first kappa shape index (κ1) is 20.8. The number of ether oxygens (including phenoxy) is 1. The molecule has 5 nitrogen and oxygen atoms in total. The first-order valence-electron chi connectivity index (χ1n) is 8.89. The van der Waals surface area contributed by atoms with Crippen LogP contribution in [0.2, 0.25) is 5.02 Å². The Morgan fingerprint density at radius 3 is 2.44 bits per heavy atom. The lowest BCUT2D eigenvalue weighted by Gasteiger charge is -2.19. The fraction of sp³-hybridized carbons (Fsp3) is 0.333. The summed E-state index contributed by atoms with van der Waals surface area (Å²) in [6, 6.07) is 13.7. The average molecular weight is 390 g/mol. The fourth-order valence-corrected chi connectivity index (χ4v) is 2.87. The highest BCUT2D eigenvalue weighted by molar-refractivity contribution is 6.30. The van der Waals surface area contributed by atoms with Crippen molar-refractivity contribution < 1.29 is 19.4 Å². The van der Waals surface area contributed by atoms with Gasteiger partial charge < -0.3 is 15.2 Å². The van der Waals surface area contributed by atoms with E-state index in [0.717, 1.165) is 12.0 Å². The van der Waals surface area contributed by atoms with Crippen molar-refractivity contribution in [3.05, 3.63) is 64.7 Å². The van der Waals surface area contributed by atoms with E-state index in [1.165, 1.54) is 0 Å². The minimum Gasteiger partial charge on any atom is -0.483 e. The maximum Gasteiger partial charge on any atom is 0.305 e. The van der Waals surface area contributed by atoms with Crippen LogP contribution in [0.3, 0.4) is 0 Å². The number of aliphatic carboxylic acids is 1. The van der Waals surface area contributed by atoms with Gasteiger partial charge in [0.15, 0.2) is 6.61 Å². The Bertz CT molecular complexity index is 776. The summed E-state index contributed by atoms with van der Waals surface area (Å²) in [5.74, 6) is -0.394. The molecular formula is C21H24ClNO4. The van der Waals surface area contributed by atoms with Crippen LogP contribution in [0.5, 0.6) is 5.75 Å². The molecule has 0 radical (unpaired) electrons. The lowest BCUT2D eigenvalue weighted by atomic mass is 9.98.